The van der Waals surface area contributed by atoms with Gasteiger partial charge in [-0.1, -0.05) is 6.07 Å². The van der Waals surface area contributed by atoms with Gasteiger partial charge < -0.3 is 29.6 Å². The Hall–Kier alpha value is -2.62. The number of thiophene rings is 1. The van der Waals surface area contributed by atoms with Gasteiger partial charge in [-0.3, -0.25) is 4.79 Å². The van der Waals surface area contributed by atoms with Crippen molar-refractivity contribution < 1.29 is 9.47 Å². The standard InChI is InChI=1S/C23H30N4O3S2/c1-26(2)9-6-8-24-23(31)27(15-18-7-5-10-32-18)14-17-11-16-12-20(29-3)21(30-4)13-19(16)25-22(17)28/h5,7,10-13H,6,8-9,14-15H2,1-4H3,(H,24,31)(H,25,28). The molecule has 0 aliphatic carbocycles. The number of aromatic nitrogens is 1. The van der Waals surface area contributed by atoms with E-state index in [2.05, 4.69) is 35.4 Å². The SMILES string of the molecule is COc1cc2cc(CN(Cc3cccs3)C(=S)NCCCN(C)C)c(=O)[nH]c2cc1OC. The molecule has 0 bridgehead atoms. The van der Waals surface area contributed by atoms with Crippen LogP contribution in [0.3, 0.4) is 0 Å². The van der Waals surface area contributed by atoms with Gasteiger partial charge in [-0.15, -0.1) is 11.3 Å². The highest BCUT2D eigenvalue weighted by Crippen LogP contribution is 2.31. The van der Waals surface area contributed by atoms with Gasteiger partial charge in [0.05, 0.1) is 32.8 Å². The first-order valence-electron chi connectivity index (χ1n) is 10.4. The van der Waals surface area contributed by atoms with Crippen molar-refractivity contribution in [1.82, 2.24) is 20.1 Å². The van der Waals surface area contributed by atoms with E-state index in [1.165, 1.54) is 4.88 Å². The van der Waals surface area contributed by atoms with Gasteiger partial charge in [-0.2, -0.15) is 0 Å². The second-order valence-electron chi connectivity index (χ2n) is 7.74. The average molecular weight is 475 g/mol. The lowest BCUT2D eigenvalue weighted by molar-refractivity contribution is 0.355. The van der Waals surface area contributed by atoms with Crippen molar-refractivity contribution in [2.45, 2.75) is 19.5 Å². The number of ether oxygens (including phenoxy) is 2. The molecule has 2 N–H and O–H groups in total. The Morgan fingerprint density at radius 3 is 2.56 bits per heavy atom. The van der Waals surface area contributed by atoms with E-state index in [4.69, 9.17) is 21.7 Å². The number of rotatable bonds is 10. The number of nitrogens with one attached hydrogen (secondary N) is 2. The highest BCUT2D eigenvalue weighted by atomic mass is 32.1. The molecule has 0 radical (unpaired) electrons. The number of fused-ring (bicyclic) bond motifs is 1. The van der Waals surface area contributed by atoms with Gasteiger partial charge in [0, 0.05) is 28.4 Å². The third kappa shape index (κ3) is 6.21. The van der Waals surface area contributed by atoms with Gasteiger partial charge in [-0.05, 0) is 62.9 Å². The van der Waals surface area contributed by atoms with E-state index in [1.807, 2.05) is 28.5 Å². The smallest absolute Gasteiger partial charge is 0.253 e. The molecule has 0 fully saturated rings. The fraction of sp³-hybridized carbons (Fsp3) is 0.391. The fourth-order valence-electron chi connectivity index (χ4n) is 3.39. The maximum absolute atomic E-state index is 12.9. The minimum Gasteiger partial charge on any atom is -0.493 e. The molecule has 2 aromatic heterocycles. The van der Waals surface area contributed by atoms with Crippen LogP contribution in [0.25, 0.3) is 10.9 Å². The summed E-state index contributed by atoms with van der Waals surface area (Å²) in [7, 11) is 7.28. The second-order valence-corrected chi connectivity index (χ2v) is 9.16. The van der Waals surface area contributed by atoms with E-state index in [9.17, 15) is 4.79 Å². The van der Waals surface area contributed by atoms with Crippen LogP contribution in [-0.2, 0) is 13.1 Å². The van der Waals surface area contributed by atoms with Crippen LogP contribution in [0.1, 0.15) is 16.9 Å². The minimum absolute atomic E-state index is 0.142. The molecule has 0 aliphatic heterocycles. The van der Waals surface area contributed by atoms with Gasteiger partial charge in [-0.25, -0.2) is 0 Å². The normalized spacial score (nSPS) is 11.0. The maximum atomic E-state index is 12.9. The summed E-state index contributed by atoms with van der Waals surface area (Å²) in [5, 5.41) is 6.91. The van der Waals surface area contributed by atoms with E-state index in [0.717, 1.165) is 24.9 Å². The largest absolute Gasteiger partial charge is 0.493 e. The molecule has 3 rings (SSSR count). The van der Waals surface area contributed by atoms with E-state index < -0.39 is 0 Å². The molecule has 0 unspecified atom stereocenters. The quantitative estimate of drug-likeness (QED) is 0.345. The van der Waals surface area contributed by atoms with E-state index in [0.29, 0.717) is 40.8 Å². The summed E-state index contributed by atoms with van der Waals surface area (Å²) in [4.78, 5) is 21.2. The van der Waals surface area contributed by atoms with Crippen LogP contribution in [0.5, 0.6) is 11.5 Å². The van der Waals surface area contributed by atoms with Gasteiger partial charge in [0.1, 0.15) is 0 Å². The molecule has 0 aliphatic rings. The highest BCUT2D eigenvalue weighted by Gasteiger charge is 2.15. The van der Waals surface area contributed by atoms with E-state index in [-0.39, 0.29) is 5.56 Å². The number of H-pyrrole nitrogens is 1. The molecule has 7 nitrogen and oxygen atoms in total. The van der Waals surface area contributed by atoms with Crippen LogP contribution in [-0.4, -0.2) is 61.3 Å². The van der Waals surface area contributed by atoms with Crippen LogP contribution < -0.4 is 20.3 Å². The average Bonchev–Trinajstić information content (AvgIpc) is 3.28. The van der Waals surface area contributed by atoms with Crippen LogP contribution in [0.2, 0.25) is 0 Å². The van der Waals surface area contributed by atoms with E-state index in [1.54, 1.807) is 31.6 Å². The Kier molecular flexibility index (Phi) is 8.49. The van der Waals surface area contributed by atoms with Crippen molar-refractivity contribution in [2.24, 2.45) is 0 Å². The summed E-state index contributed by atoms with van der Waals surface area (Å²) >= 11 is 7.37. The van der Waals surface area contributed by atoms with Gasteiger partial charge in [0.2, 0.25) is 0 Å². The first kappa shape index (κ1) is 24.0. The number of hydrogen-bond acceptors (Lipinski definition) is 6. The number of thiocarbonyl (C=S) groups is 1. The molecule has 0 amide bonds. The summed E-state index contributed by atoms with van der Waals surface area (Å²) in [5.41, 5.74) is 1.20. The van der Waals surface area contributed by atoms with Gasteiger partial charge in [0.25, 0.3) is 5.56 Å². The highest BCUT2D eigenvalue weighted by molar-refractivity contribution is 7.80. The molecule has 1 aromatic carbocycles. The lowest BCUT2D eigenvalue weighted by atomic mass is 10.1. The van der Waals surface area contributed by atoms with Gasteiger partial charge in [0.15, 0.2) is 16.6 Å². The number of hydrogen-bond donors (Lipinski definition) is 2. The monoisotopic (exact) mass is 474 g/mol. The fourth-order valence-corrected chi connectivity index (χ4v) is 4.34. The minimum atomic E-state index is -0.142. The van der Waals surface area contributed by atoms with Crippen LogP contribution >= 0.6 is 23.6 Å². The summed E-state index contributed by atoms with van der Waals surface area (Å²) in [6.07, 6.45) is 0.984. The number of benzene rings is 1. The molecule has 9 heteroatoms. The predicted molar refractivity (Wildman–Crippen MR) is 135 cm³/mol. The number of methoxy groups -OCH3 is 2. The summed E-state index contributed by atoms with van der Waals surface area (Å²) in [5.74, 6) is 1.19. The first-order chi connectivity index (χ1) is 15.4. The van der Waals surface area contributed by atoms with Crippen molar-refractivity contribution in [1.29, 1.82) is 0 Å². The Labute approximate surface area is 197 Å². The second kappa shape index (κ2) is 11.3. The Bertz CT molecular complexity index is 1100. The Balaban J connectivity index is 1.84. The third-order valence-corrected chi connectivity index (χ3v) is 6.32. The molecule has 0 saturated heterocycles. The van der Waals surface area contributed by atoms with Crippen LogP contribution in [0.15, 0.2) is 40.5 Å². The van der Waals surface area contributed by atoms with Gasteiger partial charge >= 0.3 is 0 Å². The van der Waals surface area contributed by atoms with Crippen molar-refractivity contribution in [3.63, 3.8) is 0 Å². The number of nitrogens with zero attached hydrogens (tertiary/aromatic N) is 2. The summed E-state index contributed by atoms with van der Waals surface area (Å²) in [6, 6.07) is 9.64. The van der Waals surface area contributed by atoms with Crippen molar-refractivity contribution >= 4 is 39.6 Å². The molecule has 0 atom stereocenters. The molecular weight excluding hydrogens is 444 g/mol. The molecule has 32 heavy (non-hydrogen) atoms. The number of aromatic amines is 1. The Morgan fingerprint density at radius 2 is 1.91 bits per heavy atom. The maximum Gasteiger partial charge on any atom is 0.253 e. The molecule has 172 valence electrons. The topological polar surface area (TPSA) is 69.8 Å². The summed E-state index contributed by atoms with van der Waals surface area (Å²) < 4.78 is 10.8. The van der Waals surface area contributed by atoms with Crippen LogP contribution in [0, 0.1) is 0 Å². The zero-order valence-electron chi connectivity index (χ0n) is 18.9. The zero-order chi connectivity index (χ0) is 23.1. The van der Waals surface area contributed by atoms with Crippen molar-refractivity contribution in [2.75, 3.05) is 41.4 Å². The lowest BCUT2D eigenvalue weighted by Crippen LogP contribution is -2.40. The lowest BCUT2D eigenvalue weighted by Gasteiger charge is -2.25. The molecular formula is C23H30N4O3S2. The molecule has 0 saturated carbocycles. The molecule has 3 aromatic rings. The Morgan fingerprint density at radius 1 is 1.16 bits per heavy atom. The molecule has 0 spiro atoms. The number of pyridine rings is 1. The van der Waals surface area contributed by atoms with E-state index >= 15 is 0 Å². The first-order valence-corrected chi connectivity index (χ1v) is 11.7. The van der Waals surface area contributed by atoms with Crippen molar-refractivity contribution in [3.05, 3.63) is 56.5 Å². The zero-order valence-corrected chi connectivity index (χ0v) is 20.6. The van der Waals surface area contributed by atoms with Crippen molar-refractivity contribution in [3.8, 4) is 11.5 Å². The summed E-state index contributed by atoms with van der Waals surface area (Å²) in [6.45, 7) is 2.80. The predicted octanol–water partition coefficient (Wildman–Crippen LogP) is 3.44. The third-order valence-electron chi connectivity index (χ3n) is 5.06. The molecule has 2 heterocycles. The van der Waals surface area contributed by atoms with Crippen LogP contribution in [0.4, 0.5) is 0 Å².